The van der Waals surface area contributed by atoms with Crippen molar-refractivity contribution in [1.82, 2.24) is 10.5 Å². The van der Waals surface area contributed by atoms with Gasteiger partial charge in [0.25, 0.3) is 0 Å². The van der Waals surface area contributed by atoms with Gasteiger partial charge < -0.3 is 5.21 Å². The molecule has 1 aromatic rings. The molecule has 0 fully saturated rings. The van der Waals surface area contributed by atoms with Crippen LogP contribution in [0.2, 0.25) is 5.15 Å². The first kappa shape index (κ1) is 11.2. The number of alkyl halides is 3. The number of hydrogen-bond acceptors (Lipinski definition) is 3. The molecule has 1 aromatic heterocycles. The molecule has 2 N–H and O–H groups in total. The highest BCUT2D eigenvalue weighted by atomic mass is 35.5. The third-order valence-corrected chi connectivity index (χ3v) is 1.85. The van der Waals surface area contributed by atoms with Gasteiger partial charge in [0.05, 0.1) is 5.56 Å². The molecule has 0 spiro atoms. The third-order valence-electron chi connectivity index (χ3n) is 1.51. The lowest BCUT2D eigenvalue weighted by molar-refractivity contribution is -0.137. The highest BCUT2D eigenvalue weighted by Gasteiger charge is 2.31. The number of pyridine rings is 1. The van der Waals surface area contributed by atoms with Crippen LogP contribution in [0.5, 0.6) is 0 Å². The third kappa shape index (κ3) is 2.57. The van der Waals surface area contributed by atoms with Gasteiger partial charge >= 0.3 is 6.18 Å². The highest BCUT2D eigenvalue weighted by molar-refractivity contribution is 6.30. The minimum atomic E-state index is -4.46. The van der Waals surface area contributed by atoms with Gasteiger partial charge in [0.1, 0.15) is 5.15 Å². The van der Waals surface area contributed by atoms with Crippen LogP contribution in [0.1, 0.15) is 11.1 Å². The fraction of sp³-hybridized carbons (Fsp3) is 0.286. The molecule has 1 rings (SSSR count). The topological polar surface area (TPSA) is 45.1 Å². The first-order chi connectivity index (χ1) is 6.45. The van der Waals surface area contributed by atoms with Gasteiger partial charge in [-0.2, -0.15) is 13.2 Å². The molecular weight excluding hydrogens is 221 g/mol. The van der Waals surface area contributed by atoms with Crippen LogP contribution < -0.4 is 5.48 Å². The van der Waals surface area contributed by atoms with E-state index in [2.05, 4.69) is 4.98 Å². The molecule has 0 aliphatic carbocycles. The van der Waals surface area contributed by atoms with Gasteiger partial charge in [-0.15, -0.1) is 0 Å². The SMILES string of the molecule is ONCc1cc(C(F)(F)F)cnc1Cl. The fourth-order valence-corrected chi connectivity index (χ4v) is 1.03. The van der Waals surface area contributed by atoms with Gasteiger partial charge in [0.2, 0.25) is 0 Å². The lowest BCUT2D eigenvalue weighted by Crippen LogP contribution is -2.11. The normalized spacial score (nSPS) is 11.8. The van der Waals surface area contributed by atoms with E-state index in [1.165, 1.54) is 0 Å². The zero-order chi connectivity index (χ0) is 10.8. The van der Waals surface area contributed by atoms with Crippen LogP contribution in [0.25, 0.3) is 0 Å². The summed E-state index contributed by atoms with van der Waals surface area (Å²) in [6.45, 7) is -0.185. The van der Waals surface area contributed by atoms with Crippen molar-refractivity contribution >= 4 is 11.6 Å². The molecule has 0 bridgehead atoms. The van der Waals surface area contributed by atoms with Crippen molar-refractivity contribution in [3.63, 3.8) is 0 Å². The van der Waals surface area contributed by atoms with Crippen molar-refractivity contribution in [1.29, 1.82) is 0 Å². The van der Waals surface area contributed by atoms with Crippen LogP contribution in [0.15, 0.2) is 12.3 Å². The predicted octanol–water partition coefficient (Wildman–Crippen LogP) is 2.23. The predicted molar refractivity (Wildman–Crippen MR) is 42.9 cm³/mol. The summed E-state index contributed by atoms with van der Waals surface area (Å²) in [7, 11) is 0. The maximum atomic E-state index is 12.2. The standard InChI is InChI=1S/C7H6ClF3N2O/c8-6-4(2-13-14)1-5(3-12-6)7(9,10)11/h1,3,13-14H,2H2. The molecule has 0 radical (unpaired) electrons. The van der Waals surface area contributed by atoms with E-state index >= 15 is 0 Å². The molecule has 0 aliphatic rings. The Balaban J connectivity index is 3.06. The van der Waals surface area contributed by atoms with E-state index in [1.54, 1.807) is 5.48 Å². The summed E-state index contributed by atoms with van der Waals surface area (Å²) >= 11 is 5.50. The molecule has 1 heterocycles. The second-order valence-corrected chi connectivity index (χ2v) is 2.86. The van der Waals surface area contributed by atoms with Crippen molar-refractivity contribution in [2.75, 3.05) is 0 Å². The number of halogens is 4. The smallest absolute Gasteiger partial charge is 0.316 e. The first-order valence-corrected chi connectivity index (χ1v) is 3.91. The molecule has 0 saturated carbocycles. The molecule has 0 amide bonds. The number of aromatic nitrogens is 1. The lowest BCUT2D eigenvalue weighted by atomic mass is 10.2. The Morgan fingerprint density at radius 1 is 1.50 bits per heavy atom. The van der Waals surface area contributed by atoms with Gasteiger partial charge in [-0.05, 0) is 6.07 Å². The molecule has 0 atom stereocenters. The van der Waals surface area contributed by atoms with Gasteiger partial charge in [-0.3, -0.25) is 0 Å². The second kappa shape index (κ2) is 4.12. The van der Waals surface area contributed by atoms with Crippen LogP contribution >= 0.6 is 11.6 Å². The molecule has 0 saturated heterocycles. The number of hydroxylamine groups is 1. The second-order valence-electron chi connectivity index (χ2n) is 2.51. The molecule has 3 nitrogen and oxygen atoms in total. The van der Waals surface area contributed by atoms with Crippen molar-refractivity contribution in [3.8, 4) is 0 Å². The van der Waals surface area contributed by atoms with Crippen LogP contribution in [-0.2, 0) is 12.7 Å². The van der Waals surface area contributed by atoms with Crippen molar-refractivity contribution in [3.05, 3.63) is 28.5 Å². The average molecular weight is 227 g/mol. The lowest BCUT2D eigenvalue weighted by Gasteiger charge is -2.08. The molecule has 0 unspecified atom stereocenters. The molecule has 0 aromatic carbocycles. The maximum absolute atomic E-state index is 12.2. The number of hydrogen-bond donors (Lipinski definition) is 2. The number of nitrogens with zero attached hydrogens (tertiary/aromatic N) is 1. The molecule has 14 heavy (non-hydrogen) atoms. The van der Waals surface area contributed by atoms with Gasteiger partial charge in [0, 0.05) is 18.3 Å². The summed E-state index contributed by atoms with van der Waals surface area (Å²) in [6, 6.07) is 0.832. The van der Waals surface area contributed by atoms with Crippen LogP contribution in [0.3, 0.4) is 0 Å². The van der Waals surface area contributed by atoms with Crippen LogP contribution in [-0.4, -0.2) is 10.2 Å². The van der Waals surface area contributed by atoms with E-state index in [1.807, 2.05) is 0 Å². The van der Waals surface area contributed by atoms with E-state index in [-0.39, 0.29) is 17.3 Å². The minimum absolute atomic E-state index is 0.0699. The molecule has 78 valence electrons. The van der Waals surface area contributed by atoms with E-state index in [0.29, 0.717) is 6.20 Å². The quantitative estimate of drug-likeness (QED) is 0.600. The van der Waals surface area contributed by atoms with Gasteiger partial charge in [-0.25, -0.2) is 10.5 Å². The summed E-state index contributed by atoms with van der Waals surface area (Å²) in [6.07, 6.45) is -3.81. The summed E-state index contributed by atoms with van der Waals surface area (Å²) in [5.41, 5.74) is 0.903. The monoisotopic (exact) mass is 226 g/mol. The first-order valence-electron chi connectivity index (χ1n) is 3.53. The van der Waals surface area contributed by atoms with E-state index in [4.69, 9.17) is 16.8 Å². The van der Waals surface area contributed by atoms with E-state index in [9.17, 15) is 13.2 Å². The van der Waals surface area contributed by atoms with Crippen molar-refractivity contribution in [2.24, 2.45) is 0 Å². The molecular formula is C7H6ClF3N2O. The fourth-order valence-electron chi connectivity index (χ4n) is 0.858. The van der Waals surface area contributed by atoms with Crippen LogP contribution in [0.4, 0.5) is 13.2 Å². The zero-order valence-electron chi connectivity index (χ0n) is 6.77. The Labute approximate surface area is 82.5 Å². The number of rotatable bonds is 2. The van der Waals surface area contributed by atoms with Gasteiger partial charge in [-0.1, -0.05) is 11.6 Å². The Hall–Kier alpha value is -0.850. The molecule has 7 heteroatoms. The zero-order valence-corrected chi connectivity index (χ0v) is 7.52. The number of nitrogens with one attached hydrogen (secondary N) is 1. The Bertz CT molecular complexity index is 329. The maximum Gasteiger partial charge on any atom is 0.417 e. The minimum Gasteiger partial charge on any atom is -0.316 e. The molecule has 0 aliphatic heterocycles. The van der Waals surface area contributed by atoms with E-state index < -0.39 is 11.7 Å². The average Bonchev–Trinajstić information content (AvgIpc) is 2.07. The summed E-state index contributed by atoms with van der Waals surface area (Å²) < 4.78 is 36.5. The Morgan fingerprint density at radius 2 is 2.14 bits per heavy atom. The van der Waals surface area contributed by atoms with Crippen molar-refractivity contribution < 1.29 is 18.4 Å². The summed E-state index contributed by atoms with van der Waals surface area (Å²) in [4.78, 5) is 3.36. The highest BCUT2D eigenvalue weighted by Crippen LogP contribution is 2.30. The van der Waals surface area contributed by atoms with Gasteiger partial charge in [0.15, 0.2) is 0 Å². The Morgan fingerprint density at radius 3 is 2.64 bits per heavy atom. The largest absolute Gasteiger partial charge is 0.417 e. The Kier molecular flexibility index (Phi) is 3.30. The summed E-state index contributed by atoms with van der Waals surface area (Å²) in [5, 5.41) is 8.25. The van der Waals surface area contributed by atoms with Crippen molar-refractivity contribution in [2.45, 2.75) is 12.7 Å². The van der Waals surface area contributed by atoms with E-state index in [0.717, 1.165) is 6.07 Å². The van der Waals surface area contributed by atoms with Crippen LogP contribution in [0, 0.1) is 0 Å². The summed E-state index contributed by atoms with van der Waals surface area (Å²) in [5.74, 6) is 0.